The fraction of sp³-hybridized carbons (Fsp3) is 0.259. The minimum absolute atomic E-state index is 0.0989. The molecule has 1 amide bonds. The van der Waals surface area contributed by atoms with Crippen LogP contribution in [0, 0.1) is 13.8 Å². The molecule has 3 rings (SSSR count). The zero-order valence-corrected chi connectivity index (χ0v) is 21.9. The van der Waals surface area contributed by atoms with Gasteiger partial charge in [-0.1, -0.05) is 37.3 Å². The number of hydrogen-bond acceptors (Lipinski definition) is 6. The Morgan fingerprint density at radius 2 is 1.64 bits per heavy atom. The van der Waals surface area contributed by atoms with E-state index in [4.69, 9.17) is 9.47 Å². The maximum atomic E-state index is 13.6. The fourth-order valence-electron chi connectivity index (χ4n) is 3.68. The number of amides is 1. The molecule has 0 aromatic heterocycles. The zero-order chi connectivity index (χ0) is 26.3. The summed E-state index contributed by atoms with van der Waals surface area (Å²) < 4.78 is 38.9. The van der Waals surface area contributed by atoms with Gasteiger partial charge in [0.25, 0.3) is 15.9 Å². The topological polar surface area (TPSA) is 97.3 Å². The van der Waals surface area contributed by atoms with E-state index in [1.54, 1.807) is 56.7 Å². The lowest BCUT2D eigenvalue weighted by Gasteiger charge is -2.26. The Hall–Kier alpha value is -3.85. The van der Waals surface area contributed by atoms with E-state index in [1.165, 1.54) is 12.1 Å². The van der Waals surface area contributed by atoms with Crippen LogP contribution >= 0.6 is 0 Å². The van der Waals surface area contributed by atoms with Crippen LogP contribution in [0.25, 0.3) is 0 Å². The van der Waals surface area contributed by atoms with Gasteiger partial charge in [-0.15, -0.1) is 0 Å². The molecule has 36 heavy (non-hydrogen) atoms. The zero-order valence-electron chi connectivity index (χ0n) is 21.1. The number of nitrogens with zero attached hydrogens (tertiary/aromatic N) is 2. The molecule has 0 spiro atoms. The lowest BCUT2D eigenvalue weighted by atomic mass is 10.1. The third kappa shape index (κ3) is 5.85. The Morgan fingerprint density at radius 1 is 0.944 bits per heavy atom. The van der Waals surface area contributed by atoms with Crippen LogP contribution in [0.15, 0.2) is 76.7 Å². The number of carbonyl (C=O) groups is 1. The Balaban J connectivity index is 1.92. The quantitative estimate of drug-likeness (QED) is 0.322. The highest BCUT2D eigenvalue weighted by Crippen LogP contribution is 2.29. The van der Waals surface area contributed by atoms with Crippen LogP contribution in [-0.4, -0.2) is 40.8 Å². The summed E-state index contributed by atoms with van der Waals surface area (Å²) in [7, 11) is -0.912. The average molecular weight is 510 g/mol. The van der Waals surface area contributed by atoms with Crippen molar-refractivity contribution in [3.05, 3.63) is 83.4 Å². The number of ether oxygens (including phenoxy) is 2. The third-order valence-electron chi connectivity index (χ3n) is 5.83. The lowest BCUT2D eigenvalue weighted by Crippen LogP contribution is -2.40. The monoisotopic (exact) mass is 509 g/mol. The summed E-state index contributed by atoms with van der Waals surface area (Å²) in [5, 5.41) is 4.28. The summed E-state index contributed by atoms with van der Waals surface area (Å²) in [5.74, 6) is 0.551. The van der Waals surface area contributed by atoms with Gasteiger partial charge in [-0.2, -0.15) is 5.10 Å². The molecule has 0 aliphatic carbocycles. The van der Waals surface area contributed by atoms with E-state index in [0.717, 1.165) is 21.0 Å². The molecule has 0 heterocycles. The van der Waals surface area contributed by atoms with E-state index in [9.17, 15) is 13.2 Å². The second-order valence-electron chi connectivity index (χ2n) is 8.06. The summed E-state index contributed by atoms with van der Waals surface area (Å²) in [6, 6.07) is 18.8. The van der Waals surface area contributed by atoms with Gasteiger partial charge in [-0.05, 0) is 67.8 Å². The van der Waals surface area contributed by atoms with Crippen LogP contribution in [-0.2, 0) is 14.8 Å². The van der Waals surface area contributed by atoms with Gasteiger partial charge in [0.15, 0.2) is 11.5 Å². The van der Waals surface area contributed by atoms with Crippen molar-refractivity contribution in [1.29, 1.82) is 0 Å². The van der Waals surface area contributed by atoms with Gasteiger partial charge >= 0.3 is 0 Å². The highest BCUT2D eigenvalue weighted by molar-refractivity contribution is 7.92. The normalized spacial score (nSPS) is 11.6. The van der Waals surface area contributed by atoms with Crippen molar-refractivity contribution in [2.75, 3.05) is 25.1 Å². The number of carbonyl (C=O) groups excluding carboxylic acids is 1. The molecule has 0 radical (unpaired) electrons. The van der Waals surface area contributed by atoms with Gasteiger partial charge < -0.3 is 9.47 Å². The van der Waals surface area contributed by atoms with Gasteiger partial charge in [0.2, 0.25) is 0 Å². The summed E-state index contributed by atoms with van der Waals surface area (Å²) in [4.78, 5) is 13.1. The molecule has 0 fully saturated rings. The van der Waals surface area contributed by atoms with Crippen LogP contribution in [0.5, 0.6) is 11.5 Å². The van der Waals surface area contributed by atoms with Crippen LogP contribution < -0.4 is 19.2 Å². The first-order valence-corrected chi connectivity index (χ1v) is 12.9. The number of nitrogens with one attached hydrogen (secondary N) is 1. The second kappa shape index (κ2) is 11.7. The van der Waals surface area contributed by atoms with Crippen LogP contribution in [0.4, 0.5) is 5.69 Å². The number of hydrogen-bond donors (Lipinski definition) is 1. The van der Waals surface area contributed by atoms with Crippen LogP contribution in [0.3, 0.4) is 0 Å². The van der Waals surface area contributed by atoms with E-state index in [2.05, 4.69) is 10.5 Å². The molecule has 9 heteroatoms. The lowest BCUT2D eigenvalue weighted by molar-refractivity contribution is -0.119. The number of rotatable bonds is 10. The third-order valence-corrected chi connectivity index (χ3v) is 7.60. The minimum atomic E-state index is -4.01. The number of benzene rings is 3. The molecule has 3 aromatic carbocycles. The summed E-state index contributed by atoms with van der Waals surface area (Å²) in [6.45, 7) is 5.20. The first-order valence-electron chi connectivity index (χ1n) is 11.4. The maximum Gasteiger partial charge on any atom is 0.264 e. The standard InChI is InChI=1S/C27H31N3O5S/c1-6-23(21-15-16-25(34-4)26(17-21)35-5)28-29-27(31)18-30(24-14-10-11-19(2)20(24)3)36(32,33)22-12-8-7-9-13-22/h7-17H,6,18H2,1-5H3,(H,29,31)/b28-23+. The van der Waals surface area contributed by atoms with Crippen molar-refractivity contribution in [3.8, 4) is 11.5 Å². The number of methoxy groups -OCH3 is 2. The SMILES string of the molecule is CC/C(=N\NC(=O)CN(c1cccc(C)c1C)S(=O)(=O)c1ccccc1)c1ccc(OC)c(OC)c1. The molecule has 190 valence electrons. The highest BCUT2D eigenvalue weighted by Gasteiger charge is 2.28. The summed E-state index contributed by atoms with van der Waals surface area (Å²) >= 11 is 0. The van der Waals surface area contributed by atoms with Crippen molar-refractivity contribution in [1.82, 2.24) is 5.43 Å². The van der Waals surface area contributed by atoms with Crippen molar-refractivity contribution < 1.29 is 22.7 Å². The number of anilines is 1. The van der Waals surface area contributed by atoms with Gasteiger partial charge in [0.05, 0.1) is 30.5 Å². The van der Waals surface area contributed by atoms with Crippen LogP contribution in [0.1, 0.15) is 30.0 Å². The van der Waals surface area contributed by atoms with E-state index in [1.807, 2.05) is 32.9 Å². The summed E-state index contributed by atoms with van der Waals surface area (Å²) in [6.07, 6.45) is 0.527. The minimum Gasteiger partial charge on any atom is -0.493 e. The molecule has 0 saturated carbocycles. The first-order chi connectivity index (χ1) is 17.2. The molecule has 0 aliphatic rings. The molecule has 0 atom stereocenters. The Labute approximate surface area is 212 Å². The van der Waals surface area contributed by atoms with Crippen LogP contribution in [0.2, 0.25) is 0 Å². The maximum absolute atomic E-state index is 13.6. The number of sulfonamides is 1. The molecule has 0 aliphatic heterocycles. The number of hydrazone groups is 1. The Bertz CT molecular complexity index is 1360. The van der Waals surface area contributed by atoms with E-state index < -0.39 is 22.5 Å². The fourth-order valence-corrected chi connectivity index (χ4v) is 5.18. The molecular formula is C27H31N3O5S. The summed E-state index contributed by atoms with van der Waals surface area (Å²) in [5.41, 5.74) is 6.01. The van der Waals surface area contributed by atoms with E-state index in [-0.39, 0.29) is 4.90 Å². The Morgan fingerprint density at radius 3 is 2.28 bits per heavy atom. The van der Waals surface area contributed by atoms with Gasteiger partial charge in [-0.25, -0.2) is 13.8 Å². The van der Waals surface area contributed by atoms with Gasteiger partial charge in [0, 0.05) is 5.56 Å². The molecule has 1 N–H and O–H groups in total. The van der Waals surface area contributed by atoms with Gasteiger partial charge in [0.1, 0.15) is 6.54 Å². The van der Waals surface area contributed by atoms with Crippen molar-refractivity contribution in [2.45, 2.75) is 32.1 Å². The van der Waals surface area contributed by atoms with Crippen molar-refractivity contribution in [3.63, 3.8) is 0 Å². The molecular weight excluding hydrogens is 478 g/mol. The average Bonchev–Trinajstić information content (AvgIpc) is 2.89. The van der Waals surface area contributed by atoms with Crippen molar-refractivity contribution in [2.24, 2.45) is 5.10 Å². The molecule has 0 bridgehead atoms. The largest absolute Gasteiger partial charge is 0.493 e. The highest BCUT2D eigenvalue weighted by atomic mass is 32.2. The van der Waals surface area contributed by atoms with Crippen molar-refractivity contribution >= 4 is 27.3 Å². The second-order valence-corrected chi connectivity index (χ2v) is 9.92. The first kappa shape index (κ1) is 26.7. The predicted molar refractivity (Wildman–Crippen MR) is 141 cm³/mol. The molecule has 0 unspecified atom stereocenters. The molecule has 8 nitrogen and oxygen atoms in total. The van der Waals surface area contributed by atoms with Gasteiger partial charge in [-0.3, -0.25) is 9.10 Å². The Kier molecular flexibility index (Phi) is 8.71. The molecule has 0 saturated heterocycles. The predicted octanol–water partition coefficient (Wildman–Crippen LogP) is 4.45. The smallest absolute Gasteiger partial charge is 0.264 e. The number of aryl methyl sites for hydroxylation is 1. The molecule has 3 aromatic rings. The van der Waals surface area contributed by atoms with E-state index in [0.29, 0.717) is 29.3 Å². The van der Waals surface area contributed by atoms with E-state index >= 15 is 0 Å².